The molecule has 0 aliphatic heterocycles. The van der Waals surface area contributed by atoms with Crippen molar-refractivity contribution in [3.05, 3.63) is 92.6 Å². The minimum absolute atomic E-state index is 0.361. The summed E-state index contributed by atoms with van der Waals surface area (Å²) in [5.74, 6) is 6.45. The van der Waals surface area contributed by atoms with Crippen LogP contribution in [0.4, 0.5) is 0 Å². The maximum atomic E-state index is 11.9. The maximum Gasteiger partial charge on any atom is 0.341 e. The largest absolute Gasteiger partial charge is 0.493 e. The van der Waals surface area contributed by atoms with Crippen LogP contribution in [0.3, 0.4) is 0 Å². The van der Waals surface area contributed by atoms with Crippen LogP contribution in [0.25, 0.3) is 0 Å². The van der Waals surface area contributed by atoms with Crippen molar-refractivity contribution in [1.82, 2.24) is 0 Å². The number of methoxy groups -OCH3 is 2. The zero-order valence-electron chi connectivity index (χ0n) is 21.5. The lowest BCUT2D eigenvalue weighted by Crippen LogP contribution is -2.06. The molecule has 6 nitrogen and oxygen atoms in total. The molecular formula is C30H31IO6. The lowest BCUT2D eigenvalue weighted by molar-refractivity contribution is 0.0586. The van der Waals surface area contributed by atoms with E-state index in [2.05, 4.69) is 39.2 Å². The van der Waals surface area contributed by atoms with Gasteiger partial charge in [0.15, 0.2) is 0 Å². The summed E-state index contributed by atoms with van der Waals surface area (Å²) in [6.07, 6.45) is 1.78. The fourth-order valence-corrected chi connectivity index (χ4v) is 3.48. The topological polar surface area (TPSA) is 71.1 Å². The average molecular weight is 614 g/mol. The summed E-state index contributed by atoms with van der Waals surface area (Å²) in [5, 5.41) is 0. The molecular weight excluding hydrogens is 583 g/mol. The second-order valence-electron chi connectivity index (χ2n) is 7.65. The van der Waals surface area contributed by atoms with Crippen molar-refractivity contribution in [1.29, 1.82) is 0 Å². The Kier molecular flexibility index (Phi) is 13.1. The molecule has 0 radical (unpaired) electrons. The Labute approximate surface area is 232 Å². The zero-order valence-corrected chi connectivity index (χ0v) is 23.7. The van der Waals surface area contributed by atoms with Crippen molar-refractivity contribution in [2.75, 3.05) is 27.4 Å². The third kappa shape index (κ3) is 9.81. The van der Waals surface area contributed by atoms with Crippen LogP contribution in [0.5, 0.6) is 11.5 Å². The molecule has 0 unspecified atom stereocenters. The predicted octanol–water partition coefficient (Wildman–Crippen LogP) is 6.53. The number of hydrogen-bond acceptors (Lipinski definition) is 6. The van der Waals surface area contributed by atoms with Crippen LogP contribution >= 0.6 is 22.6 Å². The lowest BCUT2D eigenvalue weighted by atomic mass is 10.1. The van der Waals surface area contributed by atoms with Gasteiger partial charge in [0.1, 0.15) is 22.6 Å². The van der Waals surface area contributed by atoms with Crippen molar-refractivity contribution in [2.24, 2.45) is 0 Å². The molecule has 0 fully saturated rings. The normalized spacial score (nSPS) is 9.65. The van der Waals surface area contributed by atoms with E-state index in [4.69, 9.17) is 14.2 Å². The van der Waals surface area contributed by atoms with Gasteiger partial charge >= 0.3 is 11.9 Å². The fourth-order valence-electron chi connectivity index (χ4n) is 2.99. The van der Waals surface area contributed by atoms with Gasteiger partial charge in [0.2, 0.25) is 0 Å². The Balaban J connectivity index is 0.000000281. The van der Waals surface area contributed by atoms with Crippen molar-refractivity contribution in [3.63, 3.8) is 0 Å². The van der Waals surface area contributed by atoms with E-state index in [1.54, 1.807) is 24.3 Å². The third-order valence-corrected chi connectivity index (χ3v) is 5.45. The summed E-state index contributed by atoms with van der Waals surface area (Å²) < 4.78 is 21.5. The van der Waals surface area contributed by atoms with Gasteiger partial charge in [-0.1, -0.05) is 43.9 Å². The van der Waals surface area contributed by atoms with E-state index < -0.39 is 5.97 Å². The zero-order chi connectivity index (χ0) is 27.0. The van der Waals surface area contributed by atoms with Crippen molar-refractivity contribution < 1.29 is 28.5 Å². The van der Waals surface area contributed by atoms with E-state index in [0.29, 0.717) is 35.8 Å². The van der Waals surface area contributed by atoms with Crippen LogP contribution in [0, 0.1) is 15.4 Å². The second kappa shape index (κ2) is 16.3. The van der Waals surface area contributed by atoms with E-state index in [0.717, 1.165) is 27.5 Å². The molecule has 3 aromatic rings. The first-order valence-electron chi connectivity index (χ1n) is 11.9. The summed E-state index contributed by atoms with van der Waals surface area (Å²) in [4.78, 5) is 23.3. The van der Waals surface area contributed by atoms with Gasteiger partial charge in [0.25, 0.3) is 0 Å². The van der Waals surface area contributed by atoms with Gasteiger partial charge < -0.3 is 18.9 Å². The molecule has 0 aliphatic carbocycles. The van der Waals surface area contributed by atoms with E-state index in [-0.39, 0.29) is 5.97 Å². The minimum Gasteiger partial charge on any atom is -0.493 e. The van der Waals surface area contributed by atoms with Crippen molar-refractivity contribution in [3.8, 4) is 23.3 Å². The summed E-state index contributed by atoms with van der Waals surface area (Å²) in [7, 11) is 2.72. The van der Waals surface area contributed by atoms with Gasteiger partial charge in [-0.15, -0.1) is 0 Å². The monoisotopic (exact) mass is 614 g/mol. The minimum atomic E-state index is -0.422. The number of esters is 2. The number of hydrogen-bond donors (Lipinski definition) is 0. The Hall–Kier alpha value is -3.51. The Morgan fingerprint density at radius 3 is 1.76 bits per heavy atom. The molecule has 0 spiro atoms. The number of halogens is 1. The number of carbonyl (C=O) groups is 2. The van der Waals surface area contributed by atoms with E-state index in [9.17, 15) is 9.59 Å². The number of ether oxygens (including phenoxy) is 4. The van der Waals surface area contributed by atoms with Gasteiger partial charge in [-0.25, -0.2) is 9.59 Å². The quantitative estimate of drug-likeness (QED) is 0.163. The van der Waals surface area contributed by atoms with Gasteiger partial charge in [0.05, 0.1) is 27.4 Å². The summed E-state index contributed by atoms with van der Waals surface area (Å²) >= 11 is 2.15. The summed E-state index contributed by atoms with van der Waals surface area (Å²) in [6, 6.07) is 20.5. The molecule has 7 heteroatoms. The van der Waals surface area contributed by atoms with Crippen molar-refractivity contribution >= 4 is 34.5 Å². The number of rotatable bonds is 8. The van der Waals surface area contributed by atoms with Crippen LogP contribution in [0.15, 0.2) is 66.7 Å². The standard InChI is InChI=1S/C19H18O3.C11H13IO3/c1-3-13-22-18-12-11-16(14-17(18)19(20)21-2)10-9-15-7-5-4-6-8-15;1-3-6-15-10-5-4-8(12)7-9(10)11(13)14-2/h4-8,11-12,14H,3,13H2,1-2H3;4-5,7H,3,6H2,1-2H3. The molecule has 0 atom stereocenters. The molecule has 0 N–H and O–H groups in total. The van der Waals surface area contributed by atoms with Crippen LogP contribution < -0.4 is 9.47 Å². The van der Waals surface area contributed by atoms with Crippen LogP contribution in [0.1, 0.15) is 58.5 Å². The fraction of sp³-hybridized carbons (Fsp3) is 0.267. The highest BCUT2D eigenvalue weighted by Crippen LogP contribution is 2.23. The predicted molar refractivity (Wildman–Crippen MR) is 152 cm³/mol. The SMILES string of the molecule is CCCOc1ccc(C#Cc2ccccc2)cc1C(=O)OC.CCCOc1ccc(I)cc1C(=O)OC. The molecule has 37 heavy (non-hydrogen) atoms. The first-order chi connectivity index (χ1) is 17.9. The highest BCUT2D eigenvalue weighted by Gasteiger charge is 2.14. The lowest BCUT2D eigenvalue weighted by Gasteiger charge is -2.09. The molecule has 0 aromatic heterocycles. The molecule has 0 saturated carbocycles. The van der Waals surface area contributed by atoms with Gasteiger partial charge in [-0.05, 0) is 84.0 Å². The number of benzene rings is 3. The van der Waals surface area contributed by atoms with Crippen LogP contribution in [0.2, 0.25) is 0 Å². The van der Waals surface area contributed by atoms with E-state index in [1.165, 1.54) is 14.2 Å². The third-order valence-electron chi connectivity index (χ3n) is 4.78. The summed E-state index contributed by atoms with van der Waals surface area (Å²) in [6.45, 7) is 5.19. The average Bonchev–Trinajstić information content (AvgIpc) is 2.94. The van der Waals surface area contributed by atoms with Crippen molar-refractivity contribution in [2.45, 2.75) is 26.7 Å². The molecule has 3 aromatic carbocycles. The van der Waals surface area contributed by atoms with Gasteiger partial charge in [-0.3, -0.25) is 0 Å². The van der Waals surface area contributed by atoms with Crippen LogP contribution in [-0.2, 0) is 9.47 Å². The summed E-state index contributed by atoms with van der Waals surface area (Å²) in [5.41, 5.74) is 2.55. The highest BCUT2D eigenvalue weighted by molar-refractivity contribution is 14.1. The molecule has 0 amide bonds. The Morgan fingerprint density at radius 2 is 1.22 bits per heavy atom. The van der Waals surface area contributed by atoms with Crippen LogP contribution in [-0.4, -0.2) is 39.4 Å². The molecule has 0 saturated heterocycles. The molecule has 194 valence electrons. The van der Waals surface area contributed by atoms with Gasteiger partial charge in [-0.2, -0.15) is 0 Å². The molecule has 0 bridgehead atoms. The maximum absolute atomic E-state index is 11.9. The highest BCUT2D eigenvalue weighted by atomic mass is 127. The van der Waals surface area contributed by atoms with E-state index in [1.807, 2.05) is 56.3 Å². The first-order valence-corrected chi connectivity index (χ1v) is 12.9. The molecule has 3 rings (SSSR count). The molecule has 0 aliphatic rings. The first kappa shape index (κ1) is 29.7. The van der Waals surface area contributed by atoms with Gasteiger partial charge in [0, 0.05) is 14.7 Å². The van der Waals surface area contributed by atoms with E-state index >= 15 is 0 Å². The Bertz CT molecular complexity index is 1230. The molecule has 0 heterocycles. The number of carbonyl (C=O) groups excluding carboxylic acids is 2. The Morgan fingerprint density at radius 1 is 0.703 bits per heavy atom. The second-order valence-corrected chi connectivity index (χ2v) is 8.89. The smallest absolute Gasteiger partial charge is 0.341 e.